The summed E-state index contributed by atoms with van der Waals surface area (Å²) in [5, 5.41) is 2.35. The molecule has 0 N–H and O–H groups in total. The lowest BCUT2D eigenvalue weighted by atomic mass is 9.80. The fraction of sp³-hybridized carbons (Fsp3) is 0.750. The third kappa shape index (κ3) is 4.07. The molecule has 1 atom stereocenters. The second kappa shape index (κ2) is 9.16. The zero-order chi connectivity index (χ0) is 20.4. The topological polar surface area (TPSA) is 18.5 Å². The number of hydrogen-bond acceptors (Lipinski definition) is 3. The van der Waals surface area contributed by atoms with Crippen LogP contribution in [0.2, 0.25) is 16.6 Å². The third-order valence-electron chi connectivity index (χ3n) is 7.12. The average molecular weight is 421 g/mol. The van der Waals surface area contributed by atoms with E-state index in [2.05, 4.69) is 59.1 Å². The Bertz CT molecular complexity index is 646. The molecule has 0 spiro atoms. The van der Waals surface area contributed by atoms with Crippen LogP contribution >= 0.6 is 11.3 Å². The predicted octanol–water partition coefficient (Wildman–Crippen LogP) is 7.95. The summed E-state index contributed by atoms with van der Waals surface area (Å²) >= 11 is 1.86. The first-order valence-corrected chi connectivity index (χ1v) is 14.4. The molecule has 2 nitrogen and oxygen atoms in total. The molecule has 1 saturated heterocycles. The normalized spacial score (nSPS) is 23.8. The first-order valence-electron chi connectivity index (χ1n) is 11.4. The smallest absolute Gasteiger partial charge is 0.200 e. The Morgan fingerprint density at radius 2 is 1.79 bits per heavy atom. The zero-order valence-corrected chi connectivity index (χ0v) is 20.7. The van der Waals surface area contributed by atoms with Gasteiger partial charge in [0, 0.05) is 11.5 Å². The molecule has 0 radical (unpaired) electrons. The van der Waals surface area contributed by atoms with Crippen LogP contribution in [0.15, 0.2) is 23.1 Å². The van der Waals surface area contributed by atoms with E-state index < -0.39 is 8.32 Å². The first kappa shape index (κ1) is 22.3. The third-order valence-corrected chi connectivity index (χ3v) is 14.1. The monoisotopic (exact) mass is 420 g/mol. The highest BCUT2D eigenvalue weighted by molar-refractivity contribution is 7.10. The fourth-order valence-corrected chi connectivity index (χ4v) is 12.2. The van der Waals surface area contributed by atoms with Crippen LogP contribution in [0.25, 0.3) is 0 Å². The Morgan fingerprint density at radius 3 is 2.32 bits per heavy atom. The quantitative estimate of drug-likeness (QED) is 0.314. The Balaban J connectivity index is 1.80. The molecule has 1 aliphatic heterocycles. The molecule has 3 rings (SSSR count). The number of rotatable bonds is 8. The molecule has 1 aliphatic carbocycles. The lowest BCUT2D eigenvalue weighted by Crippen LogP contribution is -2.47. The fourth-order valence-electron chi connectivity index (χ4n) is 5.88. The van der Waals surface area contributed by atoms with Crippen molar-refractivity contribution in [2.75, 3.05) is 6.61 Å². The minimum absolute atomic E-state index is 0.141. The molecular formula is C24H40O2SSi. The van der Waals surface area contributed by atoms with Gasteiger partial charge in [0.25, 0.3) is 0 Å². The highest BCUT2D eigenvalue weighted by Gasteiger charge is 2.45. The number of ether oxygens (including phenoxy) is 1. The van der Waals surface area contributed by atoms with Crippen LogP contribution in [0.3, 0.4) is 0 Å². The predicted molar refractivity (Wildman–Crippen MR) is 124 cm³/mol. The van der Waals surface area contributed by atoms with Crippen LogP contribution in [0, 0.1) is 0 Å². The largest absolute Gasteiger partial charge is 0.411 e. The van der Waals surface area contributed by atoms with E-state index in [0.717, 1.165) is 19.6 Å². The van der Waals surface area contributed by atoms with Crippen molar-refractivity contribution < 1.29 is 9.16 Å². The lowest BCUT2D eigenvalue weighted by molar-refractivity contribution is 0.0285. The van der Waals surface area contributed by atoms with Gasteiger partial charge in [0.1, 0.15) is 5.60 Å². The van der Waals surface area contributed by atoms with E-state index in [0.29, 0.717) is 16.6 Å². The molecule has 4 heteroatoms. The van der Waals surface area contributed by atoms with Crippen LogP contribution in [-0.4, -0.2) is 14.9 Å². The van der Waals surface area contributed by atoms with Gasteiger partial charge in [0.2, 0.25) is 8.32 Å². The van der Waals surface area contributed by atoms with Gasteiger partial charge >= 0.3 is 0 Å². The Kier molecular flexibility index (Phi) is 7.28. The molecule has 1 fully saturated rings. The van der Waals surface area contributed by atoms with Gasteiger partial charge in [-0.1, -0.05) is 47.6 Å². The second-order valence-corrected chi connectivity index (χ2v) is 16.1. The Labute approximate surface area is 177 Å². The van der Waals surface area contributed by atoms with Gasteiger partial charge in [-0.05, 0) is 77.7 Å². The maximum atomic E-state index is 6.85. The average Bonchev–Trinajstić information content (AvgIpc) is 3.32. The van der Waals surface area contributed by atoms with Crippen molar-refractivity contribution in [3.05, 3.63) is 33.5 Å². The molecule has 1 unspecified atom stereocenters. The summed E-state index contributed by atoms with van der Waals surface area (Å²) in [7, 11) is -1.82. The molecule has 0 amide bonds. The SMILES string of the molecule is CC(C)[Si](OCc1cc(C2(C3=CCCCC3)CCCO2)cs1)(C(C)C)C(C)C. The van der Waals surface area contributed by atoms with Crippen LogP contribution in [0.5, 0.6) is 0 Å². The molecule has 1 aromatic heterocycles. The molecular weight excluding hydrogens is 380 g/mol. The van der Waals surface area contributed by atoms with Gasteiger partial charge in [0.15, 0.2) is 0 Å². The molecule has 158 valence electrons. The summed E-state index contributed by atoms with van der Waals surface area (Å²) in [5.41, 5.74) is 4.67. The van der Waals surface area contributed by atoms with Crippen molar-refractivity contribution in [2.45, 2.75) is 109 Å². The van der Waals surface area contributed by atoms with Crippen molar-refractivity contribution in [2.24, 2.45) is 0 Å². The highest BCUT2D eigenvalue weighted by atomic mass is 32.1. The highest BCUT2D eigenvalue weighted by Crippen LogP contribution is 2.47. The molecule has 0 bridgehead atoms. The van der Waals surface area contributed by atoms with E-state index in [1.54, 1.807) is 0 Å². The maximum Gasteiger partial charge on any atom is 0.200 e. The van der Waals surface area contributed by atoms with Gasteiger partial charge in [-0.3, -0.25) is 0 Å². The Hall–Kier alpha value is -0.423. The van der Waals surface area contributed by atoms with Crippen LogP contribution in [0.4, 0.5) is 0 Å². The van der Waals surface area contributed by atoms with E-state index >= 15 is 0 Å². The number of hydrogen-bond donors (Lipinski definition) is 0. The van der Waals surface area contributed by atoms with Crippen molar-refractivity contribution in [3.8, 4) is 0 Å². The molecule has 1 aromatic rings. The maximum absolute atomic E-state index is 6.85. The van der Waals surface area contributed by atoms with Gasteiger partial charge in [0.05, 0.1) is 6.61 Å². The van der Waals surface area contributed by atoms with Crippen LogP contribution in [-0.2, 0) is 21.4 Å². The minimum Gasteiger partial charge on any atom is -0.411 e. The van der Waals surface area contributed by atoms with E-state index in [1.807, 2.05) is 11.3 Å². The first-order chi connectivity index (χ1) is 13.3. The van der Waals surface area contributed by atoms with E-state index in [4.69, 9.17) is 9.16 Å². The van der Waals surface area contributed by atoms with Gasteiger partial charge in [-0.2, -0.15) is 0 Å². The summed E-state index contributed by atoms with van der Waals surface area (Å²) in [6.07, 6.45) is 9.83. The zero-order valence-electron chi connectivity index (χ0n) is 18.8. The van der Waals surface area contributed by atoms with E-state index in [-0.39, 0.29) is 5.60 Å². The van der Waals surface area contributed by atoms with E-state index in [1.165, 1.54) is 48.1 Å². The summed E-state index contributed by atoms with van der Waals surface area (Å²) in [6.45, 7) is 15.8. The molecule has 0 saturated carbocycles. The standard InChI is InChI=1S/C24H40O2SSi/c1-18(2)28(19(3)4,20(5)6)26-16-23-15-22(17-27-23)24(13-10-14-25-24)21-11-8-7-9-12-21/h11,15,17-20H,7-10,12-14,16H2,1-6H3. The van der Waals surface area contributed by atoms with Gasteiger partial charge in [-0.25, -0.2) is 0 Å². The molecule has 28 heavy (non-hydrogen) atoms. The Morgan fingerprint density at radius 1 is 1.07 bits per heavy atom. The van der Waals surface area contributed by atoms with Crippen LogP contribution < -0.4 is 0 Å². The summed E-state index contributed by atoms with van der Waals surface area (Å²) in [6, 6.07) is 2.39. The van der Waals surface area contributed by atoms with Crippen molar-refractivity contribution in [1.82, 2.24) is 0 Å². The molecule has 2 aliphatic rings. The van der Waals surface area contributed by atoms with Gasteiger partial charge in [-0.15, -0.1) is 11.3 Å². The summed E-state index contributed by atoms with van der Waals surface area (Å²) in [4.78, 5) is 1.36. The van der Waals surface area contributed by atoms with Crippen molar-refractivity contribution >= 4 is 19.7 Å². The van der Waals surface area contributed by atoms with Gasteiger partial charge < -0.3 is 9.16 Å². The number of thiophene rings is 1. The number of allylic oxidation sites excluding steroid dienone is 1. The van der Waals surface area contributed by atoms with Crippen LogP contribution in [0.1, 0.15) is 90.5 Å². The van der Waals surface area contributed by atoms with Crippen molar-refractivity contribution in [1.29, 1.82) is 0 Å². The van der Waals surface area contributed by atoms with E-state index in [9.17, 15) is 0 Å². The lowest BCUT2D eigenvalue weighted by Gasteiger charge is -2.42. The van der Waals surface area contributed by atoms with Crippen molar-refractivity contribution in [3.63, 3.8) is 0 Å². The summed E-state index contributed by atoms with van der Waals surface area (Å²) < 4.78 is 13.3. The molecule has 0 aromatic carbocycles. The minimum atomic E-state index is -1.82. The summed E-state index contributed by atoms with van der Waals surface area (Å²) in [5.74, 6) is 0. The molecule has 2 heterocycles. The second-order valence-electron chi connectivity index (χ2n) is 9.66.